The highest BCUT2D eigenvalue weighted by Gasteiger charge is 2.12. The minimum atomic E-state index is 0.770. The van der Waals surface area contributed by atoms with E-state index < -0.39 is 0 Å². The van der Waals surface area contributed by atoms with Crippen molar-refractivity contribution >= 4 is 5.69 Å². The molecule has 0 bridgehead atoms. The fraction of sp³-hybridized carbons (Fsp3) is 0.647. The lowest BCUT2D eigenvalue weighted by Crippen LogP contribution is -2.29. The highest BCUT2D eigenvalue weighted by molar-refractivity contribution is 5.53. The fourth-order valence-corrected chi connectivity index (χ4v) is 2.85. The maximum atomic E-state index is 5.08. The van der Waals surface area contributed by atoms with Crippen LogP contribution in [-0.4, -0.2) is 33.4 Å². The van der Waals surface area contributed by atoms with E-state index >= 15 is 0 Å². The van der Waals surface area contributed by atoms with Crippen molar-refractivity contribution in [1.82, 2.24) is 5.32 Å². The van der Waals surface area contributed by atoms with E-state index in [0.29, 0.717) is 0 Å². The van der Waals surface area contributed by atoms with Crippen molar-refractivity contribution in [3.05, 3.63) is 29.8 Å². The topological polar surface area (TPSA) is 24.5 Å². The van der Waals surface area contributed by atoms with Gasteiger partial charge in [0.2, 0.25) is 0 Å². The van der Waals surface area contributed by atoms with Gasteiger partial charge < -0.3 is 15.0 Å². The molecule has 0 amide bonds. The Morgan fingerprint density at radius 2 is 1.75 bits per heavy atom. The van der Waals surface area contributed by atoms with Gasteiger partial charge in [-0.3, -0.25) is 0 Å². The van der Waals surface area contributed by atoms with Crippen LogP contribution < -0.4 is 10.2 Å². The van der Waals surface area contributed by atoms with Gasteiger partial charge in [0, 0.05) is 39.0 Å². The molecule has 1 fully saturated rings. The highest BCUT2D eigenvalue weighted by Crippen LogP contribution is 2.23. The molecule has 0 aliphatic carbocycles. The van der Waals surface area contributed by atoms with Crippen molar-refractivity contribution in [3.8, 4) is 0 Å². The first-order valence-corrected chi connectivity index (χ1v) is 7.94. The minimum Gasteiger partial charge on any atom is -0.383 e. The fourth-order valence-electron chi connectivity index (χ4n) is 2.85. The van der Waals surface area contributed by atoms with Crippen LogP contribution in [0.25, 0.3) is 0 Å². The predicted molar refractivity (Wildman–Crippen MR) is 85.3 cm³/mol. The van der Waals surface area contributed by atoms with Crippen molar-refractivity contribution in [3.63, 3.8) is 0 Å². The maximum absolute atomic E-state index is 5.08. The van der Waals surface area contributed by atoms with Gasteiger partial charge in [-0.15, -0.1) is 0 Å². The van der Waals surface area contributed by atoms with Crippen molar-refractivity contribution in [2.24, 2.45) is 0 Å². The third-order valence-corrected chi connectivity index (χ3v) is 3.99. The maximum Gasteiger partial charge on any atom is 0.0587 e. The van der Waals surface area contributed by atoms with Gasteiger partial charge in [-0.1, -0.05) is 37.5 Å². The van der Waals surface area contributed by atoms with Gasteiger partial charge in [0.15, 0.2) is 0 Å². The number of rotatable bonds is 6. The Bertz CT molecular complexity index is 373. The Hall–Kier alpha value is -1.06. The lowest BCUT2D eigenvalue weighted by molar-refractivity contribution is 0.199. The summed E-state index contributed by atoms with van der Waals surface area (Å²) in [5.74, 6) is 0. The molecule has 1 aromatic rings. The number of ether oxygens (including phenoxy) is 1. The lowest BCUT2D eigenvalue weighted by atomic mass is 10.1. The van der Waals surface area contributed by atoms with Crippen molar-refractivity contribution < 1.29 is 4.74 Å². The Balaban J connectivity index is 1.97. The molecule has 1 aliphatic rings. The predicted octanol–water partition coefficient (Wildman–Crippen LogP) is 3.19. The summed E-state index contributed by atoms with van der Waals surface area (Å²) in [4.78, 5) is 2.58. The summed E-state index contributed by atoms with van der Waals surface area (Å²) in [6.45, 7) is 5.01. The SMILES string of the molecule is COCCNCc1ccccc1N1CCCCCCC1. The van der Waals surface area contributed by atoms with Gasteiger partial charge >= 0.3 is 0 Å². The summed E-state index contributed by atoms with van der Waals surface area (Å²) in [6, 6.07) is 8.82. The zero-order valence-corrected chi connectivity index (χ0v) is 12.7. The normalized spacial score (nSPS) is 16.8. The standard InChI is InChI=1S/C17H28N2O/c1-20-14-11-18-15-16-9-5-6-10-17(16)19-12-7-3-2-4-8-13-19/h5-6,9-10,18H,2-4,7-8,11-15H2,1H3. The molecule has 3 heteroatoms. The third kappa shape index (κ3) is 4.80. The van der Waals surface area contributed by atoms with Crippen LogP contribution >= 0.6 is 0 Å². The van der Waals surface area contributed by atoms with Gasteiger partial charge in [-0.05, 0) is 24.5 Å². The Labute approximate surface area is 123 Å². The molecule has 1 aromatic carbocycles. The average molecular weight is 276 g/mol. The van der Waals surface area contributed by atoms with Crippen LogP contribution in [0.3, 0.4) is 0 Å². The number of nitrogens with zero attached hydrogens (tertiary/aromatic N) is 1. The van der Waals surface area contributed by atoms with E-state index in [0.717, 1.165) is 19.7 Å². The summed E-state index contributed by atoms with van der Waals surface area (Å²) in [7, 11) is 1.75. The first-order valence-electron chi connectivity index (χ1n) is 7.94. The molecule has 0 saturated carbocycles. The summed E-state index contributed by atoms with van der Waals surface area (Å²) in [6.07, 6.45) is 6.82. The number of nitrogens with one attached hydrogen (secondary N) is 1. The Morgan fingerprint density at radius 3 is 2.50 bits per heavy atom. The molecule has 2 rings (SSSR count). The van der Waals surface area contributed by atoms with Crippen LogP contribution in [0.4, 0.5) is 5.69 Å². The molecular formula is C17H28N2O. The molecule has 0 spiro atoms. The Morgan fingerprint density at radius 1 is 1.05 bits per heavy atom. The van der Waals surface area contributed by atoms with E-state index in [1.165, 1.54) is 56.4 Å². The molecule has 0 atom stereocenters. The van der Waals surface area contributed by atoms with Crippen molar-refractivity contribution in [2.45, 2.75) is 38.6 Å². The van der Waals surface area contributed by atoms with Gasteiger partial charge in [0.05, 0.1) is 6.61 Å². The van der Waals surface area contributed by atoms with E-state index in [-0.39, 0.29) is 0 Å². The van der Waals surface area contributed by atoms with E-state index in [2.05, 4.69) is 34.5 Å². The quantitative estimate of drug-likeness (QED) is 0.808. The van der Waals surface area contributed by atoms with Crippen LogP contribution in [0.1, 0.15) is 37.7 Å². The number of hydrogen-bond donors (Lipinski definition) is 1. The zero-order chi connectivity index (χ0) is 14.0. The lowest BCUT2D eigenvalue weighted by Gasteiger charge is -2.29. The smallest absolute Gasteiger partial charge is 0.0587 e. The molecule has 3 nitrogen and oxygen atoms in total. The van der Waals surface area contributed by atoms with E-state index in [4.69, 9.17) is 4.74 Å². The van der Waals surface area contributed by atoms with Crippen LogP contribution in [0.5, 0.6) is 0 Å². The zero-order valence-electron chi connectivity index (χ0n) is 12.7. The molecule has 0 radical (unpaired) electrons. The largest absolute Gasteiger partial charge is 0.383 e. The van der Waals surface area contributed by atoms with Crippen LogP contribution in [-0.2, 0) is 11.3 Å². The third-order valence-electron chi connectivity index (χ3n) is 3.99. The number of anilines is 1. The molecule has 0 aromatic heterocycles. The molecule has 1 saturated heterocycles. The molecule has 20 heavy (non-hydrogen) atoms. The second kappa shape index (κ2) is 8.98. The van der Waals surface area contributed by atoms with E-state index in [9.17, 15) is 0 Å². The molecule has 1 N–H and O–H groups in total. The first kappa shape index (κ1) is 15.3. The molecule has 112 valence electrons. The second-order valence-corrected chi connectivity index (χ2v) is 5.55. The van der Waals surface area contributed by atoms with Crippen molar-refractivity contribution in [2.75, 3.05) is 38.3 Å². The van der Waals surface area contributed by atoms with Gasteiger partial charge in [0.25, 0.3) is 0 Å². The molecule has 0 unspecified atom stereocenters. The van der Waals surface area contributed by atoms with Gasteiger partial charge in [-0.25, -0.2) is 0 Å². The highest BCUT2D eigenvalue weighted by atomic mass is 16.5. The number of para-hydroxylation sites is 1. The van der Waals surface area contributed by atoms with E-state index in [1.807, 2.05) is 0 Å². The second-order valence-electron chi connectivity index (χ2n) is 5.55. The number of benzene rings is 1. The molecular weight excluding hydrogens is 248 g/mol. The summed E-state index contributed by atoms with van der Waals surface area (Å²) < 4.78 is 5.08. The van der Waals surface area contributed by atoms with Crippen LogP contribution in [0.15, 0.2) is 24.3 Å². The van der Waals surface area contributed by atoms with Gasteiger partial charge in [0.1, 0.15) is 0 Å². The van der Waals surface area contributed by atoms with Crippen LogP contribution in [0, 0.1) is 0 Å². The molecule has 1 heterocycles. The van der Waals surface area contributed by atoms with Gasteiger partial charge in [-0.2, -0.15) is 0 Å². The Kier molecular flexibility index (Phi) is 6.89. The average Bonchev–Trinajstić information content (AvgIpc) is 2.44. The summed E-state index contributed by atoms with van der Waals surface area (Å²) in [5, 5.41) is 3.46. The summed E-state index contributed by atoms with van der Waals surface area (Å²) in [5.41, 5.74) is 2.82. The monoisotopic (exact) mass is 276 g/mol. The summed E-state index contributed by atoms with van der Waals surface area (Å²) >= 11 is 0. The minimum absolute atomic E-state index is 0.770. The number of hydrogen-bond acceptors (Lipinski definition) is 3. The van der Waals surface area contributed by atoms with E-state index in [1.54, 1.807) is 7.11 Å². The first-order chi connectivity index (χ1) is 9.92. The molecule has 1 aliphatic heterocycles. The number of methoxy groups -OCH3 is 1. The van der Waals surface area contributed by atoms with Crippen molar-refractivity contribution in [1.29, 1.82) is 0 Å². The van der Waals surface area contributed by atoms with Crippen LogP contribution in [0.2, 0.25) is 0 Å².